The molecular formula is C16H21N3O3. The minimum atomic E-state index is 0.338. The van der Waals surface area contributed by atoms with Crippen LogP contribution in [-0.4, -0.2) is 30.3 Å². The molecule has 0 amide bonds. The number of furan rings is 1. The van der Waals surface area contributed by atoms with Crippen LogP contribution in [0.3, 0.4) is 0 Å². The van der Waals surface area contributed by atoms with E-state index in [9.17, 15) is 0 Å². The molecule has 1 atom stereocenters. The van der Waals surface area contributed by atoms with Crippen molar-refractivity contribution in [2.45, 2.75) is 32.4 Å². The Morgan fingerprint density at radius 2 is 2.27 bits per heavy atom. The first-order valence-corrected chi connectivity index (χ1v) is 7.48. The van der Waals surface area contributed by atoms with Crippen molar-refractivity contribution in [2.24, 2.45) is 0 Å². The molecule has 0 aliphatic carbocycles. The molecule has 118 valence electrons. The highest BCUT2D eigenvalue weighted by atomic mass is 16.5. The Kier molecular flexibility index (Phi) is 4.70. The zero-order valence-corrected chi connectivity index (χ0v) is 13.0. The van der Waals surface area contributed by atoms with Crippen LogP contribution < -0.4 is 5.32 Å². The van der Waals surface area contributed by atoms with Crippen LogP contribution in [0, 0.1) is 6.92 Å². The van der Waals surface area contributed by atoms with Crippen LogP contribution in [0.15, 0.2) is 22.6 Å². The number of aromatic nitrogens is 2. The highest BCUT2D eigenvalue weighted by Crippen LogP contribution is 2.25. The zero-order valence-electron chi connectivity index (χ0n) is 13.0. The lowest BCUT2D eigenvalue weighted by atomic mass is 10.0. The topological polar surface area (TPSA) is 69.4 Å². The standard InChI is InChI=1S/C16H21N3O3/c1-11-3-4-13(22-11)8-17-15-7-14(12-5-6-21-9-12)18-16(19-15)10-20-2/h3-4,7,12H,5-6,8-10H2,1-2H3,(H,17,18,19). The summed E-state index contributed by atoms with van der Waals surface area (Å²) in [5.41, 5.74) is 1.01. The minimum Gasteiger partial charge on any atom is -0.465 e. The lowest BCUT2D eigenvalue weighted by Gasteiger charge is -2.12. The average molecular weight is 303 g/mol. The van der Waals surface area contributed by atoms with Gasteiger partial charge in [-0.25, -0.2) is 9.97 Å². The molecule has 0 aromatic carbocycles. The number of anilines is 1. The van der Waals surface area contributed by atoms with E-state index in [0.29, 0.717) is 24.9 Å². The molecule has 6 heteroatoms. The van der Waals surface area contributed by atoms with Gasteiger partial charge in [0.05, 0.1) is 18.8 Å². The van der Waals surface area contributed by atoms with Crippen molar-refractivity contribution in [3.8, 4) is 0 Å². The molecule has 1 saturated heterocycles. The van der Waals surface area contributed by atoms with Gasteiger partial charge in [0.1, 0.15) is 23.9 Å². The Bertz CT molecular complexity index is 621. The first-order valence-electron chi connectivity index (χ1n) is 7.48. The van der Waals surface area contributed by atoms with E-state index < -0.39 is 0 Å². The maximum Gasteiger partial charge on any atom is 0.156 e. The highest BCUT2D eigenvalue weighted by Gasteiger charge is 2.20. The smallest absolute Gasteiger partial charge is 0.156 e. The number of rotatable bonds is 6. The van der Waals surface area contributed by atoms with Crippen molar-refractivity contribution < 1.29 is 13.9 Å². The molecule has 0 bridgehead atoms. The Labute approximate surface area is 129 Å². The van der Waals surface area contributed by atoms with Crippen LogP contribution in [0.5, 0.6) is 0 Å². The molecule has 0 spiro atoms. The van der Waals surface area contributed by atoms with Gasteiger partial charge in [0.2, 0.25) is 0 Å². The quantitative estimate of drug-likeness (QED) is 0.884. The number of hydrogen-bond acceptors (Lipinski definition) is 6. The van der Waals surface area contributed by atoms with Gasteiger partial charge in [-0.2, -0.15) is 0 Å². The Hall–Kier alpha value is -1.92. The molecule has 3 heterocycles. The molecule has 2 aromatic rings. The van der Waals surface area contributed by atoms with Crippen molar-refractivity contribution >= 4 is 5.82 Å². The van der Waals surface area contributed by atoms with E-state index in [2.05, 4.69) is 15.3 Å². The predicted molar refractivity (Wildman–Crippen MR) is 81.7 cm³/mol. The zero-order chi connectivity index (χ0) is 15.4. The summed E-state index contributed by atoms with van der Waals surface area (Å²) in [6, 6.07) is 5.91. The van der Waals surface area contributed by atoms with Crippen LogP contribution in [0.1, 0.15) is 35.4 Å². The molecule has 2 aromatic heterocycles. The Morgan fingerprint density at radius 3 is 2.95 bits per heavy atom. The number of ether oxygens (including phenoxy) is 2. The minimum absolute atomic E-state index is 0.338. The summed E-state index contributed by atoms with van der Waals surface area (Å²) in [4.78, 5) is 9.07. The highest BCUT2D eigenvalue weighted by molar-refractivity contribution is 5.37. The van der Waals surface area contributed by atoms with Crippen LogP contribution in [0.25, 0.3) is 0 Å². The van der Waals surface area contributed by atoms with Crippen LogP contribution >= 0.6 is 0 Å². The monoisotopic (exact) mass is 303 g/mol. The molecule has 0 radical (unpaired) electrons. The number of aryl methyl sites for hydroxylation is 1. The lowest BCUT2D eigenvalue weighted by molar-refractivity contribution is 0.177. The lowest BCUT2D eigenvalue weighted by Crippen LogP contribution is -2.10. The summed E-state index contributed by atoms with van der Waals surface area (Å²) < 4.78 is 16.2. The van der Waals surface area contributed by atoms with E-state index in [4.69, 9.17) is 13.9 Å². The van der Waals surface area contributed by atoms with E-state index >= 15 is 0 Å². The van der Waals surface area contributed by atoms with Crippen LogP contribution in [0.4, 0.5) is 5.82 Å². The van der Waals surface area contributed by atoms with Crippen LogP contribution in [0.2, 0.25) is 0 Å². The summed E-state index contributed by atoms with van der Waals surface area (Å²) >= 11 is 0. The van der Waals surface area contributed by atoms with Gasteiger partial charge in [-0.15, -0.1) is 0 Å². The van der Waals surface area contributed by atoms with E-state index in [1.54, 1.807) is 7.11 Å². The third kappa shape index (κ3) is 3.64. The van der Waals surface area contributed by atoms with E-state index in [0.717, 1.165) is 42.7 Å². The molecular weight excluding hydrogens is 282 g/mol. The third-order valence-electron chi connectivity index (χ3n) is 3.65. The van der Waals surface area contributed by atoms with Gasteiger partial charge >= 0.3 is 0 Å². The first-order chi connectivity index (χ1) is 10.7. The Morgan fingerprint density at radius 1 is 1.36 bits per heavy atom. The molecule has 1 unspecified atom stereocenters. The number of nitrogens with zero attached hydrogens (tertiary/aromatic N) is 2. The SMILES string of the molecule is COCc1nc(NCc2ccc(C)o2)cc(C2CCOC2)n1. The second kappa shape index (κ2) is 6.89. The molecule has 1 N–H and O–H groups in total. The normalized spacial score (nSPS) is 17.8. The van der Waals surface area contributed by atoms with Crippen molar-refractivity contribution in [3.05, 3.63) is 41.2 Å². The molecule has 3 rings (SSSR count). The summed E-state index contributed by atoms with van der Waals surface area (Å²) in [7, 11) is 1.65. The van der Waals surface area contributed by atoms with Gasteiger partial charge in [0.25, 0.3) is 0 Å². The summed E-state index contributed by atoms with van der Waals surface area (Å²) in [6.45, 7) is 4.44. The maximum atomic E-state index is 5.56. The van der Waals surface area contributed by atoms with Crippen molar-refractivity contribution in [2.75, 3.05) is 25.6 Å². The fourth-order valence-corrected chi connectivity index (χ4v) is 2.54. The van der Waals surface area contributed by atoms with Crippen molar-refractivity contribution in [3.63, 3.8) is 0 Å². The fraction of sp³-hybridized carbons (Fsp3) is 0.500. The van der Waals surface area contributed by atoms with Gasteiger partial charge in [-0.3, -0.25) is 0 Å². The van der Waals surface area contributed by atoms with Crippen LogP contribution in [-0.2, 0) is 22.6 Å². The van der Waals surface area contributed by atoms with Gasteiger partial charge < -0.3 is 19.2 Å². The number of nitrogens with one attached hydrogen (secondary N) is 1. The molecule has 1 aliphatic heterocycles. The summed E-state index contributed by atoms with van der Waals surface area (Å²) in [5.74, 6) is 3.60. The number of hydrogen-bond donors (Lipinski definition) is 1. The molecule has 1 fully saturated rings. The number of methoxy groups -OCH3 is 1. The first kappa shape index (κ1) is 15.0. The molecule has 0 saturated carbocycles. The maximum absolute atomic E-state index is 5.56. The van der Waals surface area contributed by atoms with Gasteiger partial charge in [-0.05, 0) is 25.5 Å². The largest absolute Gasteiger partial charge is 0.465 e. The van der Waals surface area contributed by atoms with Crippen molar-refractivity contribution in [1.29, 1.82) is 0 Å². The van der Waals surface area contributed by atoms with Gasteiger partial charge in [0.15, 0.2) is 5.82 Å². The average Bonchev–Trinajstić information content (AvgIpc) is 3.17. The van der Waals surface area contributed by atoms with Gasteiger partial charge in [-0.1, -0.05) is 0 Å². The summed E-state index contributed by atoms with van der Waals surface area (Å²) in [6.07, 6.45) is 1.00. The second-order valence-corrected chi connectivity index (χ2v) is 5.45. The molecule has 1 aliphatic rings. The van der Waals surface area contributed by atoms with E-state index in [1.807, 2.05) is 25.1 Å². The predicted octanol–water partition coefficient (Wildman–Crippen LogP) is 2.64. The second-order valence-electron chi connectivity index (χ2n) is 5.45. The van der Waals surface area contributed by atoms with E-state index in [1.165, 1.54) is 0 Å². The molecule has 6 nitrogen and oxygen atoms in total. The fourth-order valence-electron chi connectivity index (χ4n) is 2.54. The molecule has 22 heavy (non-hydrogen) atoms. The Balaban J connectivity index is 1.76. The van der Waals surface area contributed by atoms with Gasteiger partial charge in [0, 0.05) is 25.7 Å². The van der Waals surface area contributed by atoms with Crippen molar-refractivity contribution in [1.82, 2.24) is 9.97 Å². The third-order valence-corrected chi connectivity index (χ3v) is 3.65. The summed E-state index contributed by atoms with van der Waals surface area (Å²) in [5, 5.41) is 3.30. The van der Waals surface area contributed by atoms with E-state index in [-0.39, 0.29) is 0 Å².